The molecule has 4 rings (SSSR count). The molecule has 0 aliphatic carbocycles. The van der Waals surface area contributed by atoms with Crippen molar-refractivity contribution >= 4 is 16.9 Å². The normalized spacial score (nSPS) is 10.7. The van der Waals surface area contributed by atoms with Gasteiger partial charge < -0.3 is 24.3 Å². The van der Waals surface area contributed by atoms with E-state index in [4.69, 9.17) is 13.9 Å². The van der Waals surface area contributed by atoms with Gasteiger partial charge >= 0.3 is 0 Å². The van der Waals surface area contributed by atoms with Gasteiger partial charge in [-0.25, -0.2) is 0 Å². The summed E-state index contributed by atoms with van der Waals surface area (Å²) in [4.78, 5) is 25.4. The second kappa shape index (κ2) is 8.85. The Morgan fingerprint density at radius 2 is 1.78 bits per heavy atom. The first-order valence-corrected chi connectivity index (χ1v) is 9.86. The Hall–Kier alpha value is -4.26. The Morgan fingerprint density at radius 1 is 1.00 bits per heavy atom. The molecule has 1 aromatic heterocycles. The SMILES string of the molecule is COc1cc2oc(-c3cccc(C(=O)NCc4ccccc4)c3)cc(=O)c2c(O)c1OC. The van der Waals surface area contributed by atoms with Crippen LogP contribution in [0.15, 0.2) is 75.9 Å². The van der Waals surface area contributed by atoms with Crippen molar-refractivity contribution in [1.29, 1.82) is 0 Å². The molecule has 7 heteroatoms. The third kappa shape index (κ3) is 4.00. The lowest BCUT2D eigenvalue weighted by molar-refractivity contribution is 0.0951. The highest BCUT2D eigenvalue weighted by molar-refractivity contribution is 5.95. The Labute approximate surface area is 183 Å². The van der Waals surface area contributed by atoms with Gasteiger partial charge in [-0.3, -0.25) is 9.59 Å². The van der Waals surface area contributed by atoms with E-state index in [2.05, 4.69) is 5.32 Å². The number of aromatic hydroxyl groups is 1. The first kappa shape index (κ1) is 21.0. The fourth-order valence-corrected chi connectivity index (χ4v) is 3.45. The van der Waals surface area contributed by atoms with E-state index in [0.29, 0.717) is 17.7 Å². The number of amides is 1. The van der Waals surface area contributed by atoms with E-state index >= 15 is 0 Å². The van der Waals surface area contributed by atoms with E-state index in [1.165, 1.54) is 26.4 Å². The van der Waals surface area contributed by atoms with Crippen LogP contribution in [-0.2, 0) is 6.54 Å². The van der Waals surface area contributed by atoms with Crippen molar-refractivity contribution in [1.82, 2.24) is 5.32 Å². The second-order valence-electron chi connectivity index (χ2n) is 7.06. The molecule has 0 aliphatic heterocycles. The largest absolute Gasteiger partial charge is 0.504 e. The third-order valence-electron chi connectivity index (χ3n) is 5.04. The summed E-state index contributed by atoms with van der Waals surface area (Å²) in [5.41, 5.74) is 1.66. The predicted octanol–water partition coefficient (Wildman–Crippen LogP) is 4.11. The minimum Gasteiger partial charge on any atom is -0.504 e. The van der Waals surface area contributed by atoms with Crippen molar-refractivity contribution in [3.63, 3.8) is 0 Å². The van der Waals surface area contributed by atoms with Gasteiger partial charge in [0, 0.05) is 29.8 Å². The summed E-state index contributed by atoms with van der Waals surface area (Å²) in [7, 11) is 2.79. The Balaban J connectivity index is 1.68. The zero-order valence-corrected chi connectivity index (χ0v) is 17.5. The molecule has 0 radical (unpaired) electrons. The highest BCUT2D eigenvalue weighted by atomic mass is 16.5. The van der Waals surface area contributed by atoms with Crippen molar-refractivity contribution in [2.24, 2.45) is 0 Å². The van der Waals surface area contributed by atoms with Crippen molar-refractivity contribution in [3.05, 3.63) is 88.1 Å². The van der Waals surface area contributed by atoms with Crippen LogP contribution in [-0.4, -0.2) is 25.2 Å². The summed E-state index contributed by atoms with van der Waals surface area (Å²) in [6, 6.07) is 19.1. The van der Waals surface area contributed by atoms with Crippen LogP contribution in [0, 0.1) is 0 Å². The van der Waals surface area contributed by atoms with E-state index in [9.17, 15) is 14.7 Å². The van der Waals surface area contributed by atoms with Crippen molar-refractivity contribution in [2.45, 2.75) is 6.54 Å². The van der Waals surface area contributed by atoms with E-state index in [-0.39, 0.29) is 39.9 Å². The van der Waals surface area contributed by atoms with Crippen LogP contribution >= 0.6 is 0 Å². The molecule has 0 aliphatic rings. The molecule has 0 bridgehead atoms. The van der Waals surface area contributed by atoms with Crippen LogP contribution in [0.3, 0.4) is 0 Å². The molecule has 2 N–H and O–H groups in total. The number of benzene rings is 3. The molecule has 3 aromatic carbocycles. The molecule has 162 valence electrons. The fourth-order valence-electron chi connectivity index (χ4n) is 3.45. The van der Waals surface area contributed by atoms with E-state index < -0.39 is 5.43 Å². The average molecular weight is 431 g/mol. The number of phenolic OH excluding ortho intramolecular Hbond substituents is 1. The number of phenols is 1. The number of ether oxygens (including phenoxy) is 2. The average Bonchev–Trinajstić information content (AvgIpc) is 2.82. The summed E-state index contributed by atoms with van der Waals surface area (Å²) < 4.78 is 16.3. The van der Waals surface area contributed by atoms with Crippen molar-refractivity contribution in [3.8, 4) is 28.6 Å². The number of nitrogens with one attached hydrogen (secondary N) is 1. The summed E-state index contributed by atoms with van der Waals surface area (Å²) in [6.07, 6.45) is 0. The standard InChI is InChI=1S/C25H21NO6/c1-30-21-13-20-22(23(28)24(21)31-2)18(27)12-19(32-20)16-9-6-10-17(11-16)25(29)26-14-15-7-4-3-5-8-15/h3-13,28H,14H2,1-2H3,(H,26,29). The Bertz CT molecular complexity index is 1340. The molecule has 1 amide bonds. The maximum Gasteiger partial charge on any atom is 0.251 e. The number of fused-ring (bicyclic) bond motifs is 1. The zero-order chi connectivity index (χ0) is 22.7. The first-order valence-electron chi connectivity index (χ1n) is 9.86. The zero-order valence-electron chi connectivity index (χ0n) is 17.5. The minimum absolute atomic E-state index is 0.0110. The number of hydrogen-bond acceptors (Lipinski definition) is 6. The van der Waals surface area contributed by atoms with Gasteiger partial charge in [-0.2, -0.15) is 0 Å². The monoisotopic (exact) mass is 431 g/mol. The molecule has 4 aromatic rings. The van der Waals surface area contributed by atoms with Gasteiger partial charge in [0.1, 0.15) is 16.7 Å². The maximum absolute atomic E-state index is 12.7. The smallest absolute Gasteiger partial charge is 0.251 e. The van der Waals surface area contributed by atoms with Crippen molar-refractivity contribution in [2.75, 3.05) is 14.2 Å². The number of methoxy groups -OCH3 is 2. The van der Waals surface area contributed by atoms with Gasteiger partial charge in [-0.1, -0.05) is 42.5 Å². The third-order valence-corrected chi connectivity index (χ3v) is 5.04. The molecule has 0 saturated heterocycles. The van der Waals surface area contributed by atoms with Gasteiger partial charge in [0.05, 0.1) is 14.2 Å². The Kier molecular flexibility index (Phi) is 5.81. The van der Waals surface area contributed by atoms with Crippen LogP contribution in [0.2, 0.25) is 0 Å². The molecule has 0 fully saturated rings. The van der Waals surface area contributed by atoms with Crippen molar-refractivity contribution < 1.29 is 23.8 Å². The van der Waals surface area contributed by atoms with Crippen LogP contribution < -0.4 is 20.2 Å². The van der Waals surface area contributed by atoms with Gasteiger partial charge in [-0.15, -0.1) is 0 Å². The summed E-state index contributed by atoms with van der Waals surface area (Å²) in [5, 5.41) is 13.3. The van der Waals surface area contributed by atoms with Gasteiger partial charge in [0.25, 0.3) is 5.91 Å². The fraction of sp³-hybridized carbons (Fsp3) is 0.120. The van der Waals surface area contributed by atoms with E-state index in [0.717, 1.165) is 5.56 Å². The lowest BCUT2D eigenvalue weighted by Crippen LogP contribution is -2.22. The Morgan fingerprint density at radius 3 is 2.50 bits per heavy atom. The minimum atomic E-state index is -0.446. The number of carbonyl (C=O) groups is 1. The lowest BCUT2D eigenvalue weighted by atomic mass is 10.1. The molecular formula is C25H21NO6. The summed E-state index contributed by atoms with van der Waals surface area (Å²) >= 11 is 0. The molecule has 1 heterocycles. The number of hydrogen-bond donors (Lipinski definition) is 2. The lowest BCUT2D eigenvalue weighted by Gasteiger charge is -2.12. The molecule has 7 nitrogen and oxygen atoms in total. The number of carbonyl (C=O) groups excluding carboxylic acids is 1. The van der Waals surface area contributed by atoms with Crippen LogP contribution in [0.4, 0.5) is 0 Å². The molecule has 0 atom stereocenters. The van der Waals surface area contributed by atoms with Crippen LogP contribution in [0.5, 0.6) is 17.2 Å². The van der Waals surface area contributed by atoms with Crippen LogP contribution in [0.1, 0.15) is 15.9 Å². The number of rotatable bonds is 6. The predicted molar refractivity (Wildman–Crippen MR) is 120 cm³/mol. The van der Waals surface area contributed by atoms with Gasteiger partial charge in [0.15, 0.2) is 16.9 Å². The molecule has 0 unspecified atom stereocenters. The topological polar surface area (TPSA) is 98.0 Å². The van der Waals surface area contributed by atoms with E-state index in [1.807, 2.05) is 30.3 Å². The summed E-state index contributed by atoms with van der Waals surface area (Å²) in [5.74, 6) is -0.0603. The summed E-state index contributed by atoms with van der Waals surface area (Å²) in [6.45, 7) is 0.399. The quantitative estimate of drug-likeness (QED) is 0.477. The maximum atomic E-state index is 12.7. The van der Waals surface area contributed by atoms with E-state index in [1.54, 1.807) is 24.3 Å². The molecule has 0 saturated carbocycles. The highest BCUT2D eigenvalue weighted by Gasteiger charge is 2.19. The first-order chi connectivity index (χ1) is 15.5. The molecular weight excluding hydrogens is 410 g/mol. The second-order valence-corrected chi connectivity index (χ2v) is 7.06. The molecule has 32 heavy (non-hydrogen) atoms. The highest BCUT2D eigenvalue weighted by Crippen LogP contribution is 2.42. The van der Waals surface area contributed by atoms with Gasteiger partial charge in [0.2, 0.25) is 5.75 Å². The van der Waals surface area contributed by atoms with Gasteiger partial charge in [-0.05, 0) is 17.7 Å². The molecule has 0 spiro atoms. The van der Waals surface area contributed by atoms with Crippen LogP contribution in [0.25, 0.3) is 22.3 Å².